The van der Waals surface area contributed by atoms with Crippen LogP contribution in [0.1, 0.15) is 27.2 Å². The molecule has 3 aromatic rings. The normalized spacial score (nSPS) is 10.5. The minimum atomic E-state index is -0.247. The standard InChI is InChI=1S/C21H20N2O3S/c1-13-9-14(2)11-16(10-13)20(25)23-21(27)22-17-5-3-15(4-6-17)19-8-7-18(12-24)26-19/h3-11,24H,12H2,1-2H3,(H2,22,23,25,27). The molecule has 138 valence electrons. The van der Waals surface area contributed by atoms with Crippen molar-refractivity contribution in [1.82, 2.24) is 5.32 Å². The molecule has 1 aromatic heterocycles. The van der Waals surface area contributed by atoms with Gasteiger partial charge in [-0.1, -0.05) is 17.2 Å². The van der Waals surface area contributed by atoms with Crippen molar-refractivity contribution in [3.63, 3.8) is 0 Å². The third-order valence-corrected chi connectivity index (χ3v) is 4.16. The Hall–Kier alpha value is -2.96. The van der Waals surface area contributed by atoms with Gasteiger partial charge in [0, 0.05) is 16.8 Å². The molecule has 0 aliphatic carbocycles. The Kier molecular flexibility index (Phi) is 5.69. The fraction of sp³-hybridized carbons (Fsp3) is 0.143. The van der Waals surface area contributed by atoms with Crippen LogP contribution in [0.15, 0.2) is 59.0 Å². The number of carbonyl (C=O) groups excluding carboxylic acids is 1. The van der Waals surface area contributed by atoms with Crippen molar-refractivity contribution < 1.29 is 14.3 Å². The molecule has 0 bridgehead atoms. The van der Waals surface area contributed by atoms with Crippen LogP contribution in [-0.2, 0) is 6.61 Å². The lowest BCUT2D eigenvalue weighted by molar-refractivity contribution is 0.0977. The molecule has 0 atom stereocenters. The predicted octanol–water partition coefficient (Wildman–Crippen LogP) is 4.18. The van der Waals surface area contributed by atoms with Gasteiger partial charge in [-0.05, 0) is 74.6 Å². The van der Waals surface area contributed by atoms with Crippen LogP contribution in [-0.4, -0.2) is 16.1 Å². The predicted molar refractivity (Wildman–Crippen MR) is 110 cm³/mol. The van der Waals surface area contributed by atoms with Gasteiger partial charge in [0.15, 0.2) is 5.11 Å². The fourth-order valence-corrected chi connectivity index (χ4v) is 2.99. The summed E-state index contributed by atoms with van der Waals surface area (Å²) in [6.07, 6.45) is 0. The third-order valence-electron chi connectivity index (χ3n) is 3.96. The first-order chi connectivity index (χ1) is 12.9. The number of thiocarbonyl (C=S) groups is 1. The minimum absolute atomic E-state index is 0.131. The summed E-state index contributed by atoms with van der Waals surface area (Å²) in [7, 11) is 0. The van der Waals surface area contributed by atoms with E-state index in [1.165, 1.54) is 0 Å². The Labute approximate surface area is 163 Å². The van der Waals surface area contributed by atoms with Gasteiger partial charge in [0.25, 0.3) is 5.91 Å². The highest BCUT2D eigenvalue weighted by molar-refractivity contribution is 7.80. The maximum Gasteiger partial charge on any atom is 0.257 e. The van der Waals surface area contributed by atoms with Crippen LogP contribution in [0.2, 0.25) is 0 Å². The van der Waals surface area contributed by atoms with Crippen LogP contribution >= 0.6 is 12.2 Å². The second kappa shape index (κ2) is 8.16. The summed E-state index contributed by atoms with van der Waals surface area (Å²) in [5.41, 5.74) is 4.25. The van der Waals surface area contributed by atoms with Gasteiger partial charge in [-0.15, -0.1) is 0 Å². The van der Waals surface area contributed by atoms with E-state index in [-0.39, 0.29) is 17.6 Å². The Morgan fingerprint density at radius 3 is 2.30 bits per heavy atom. The number of hydrogen-bond donors (Lipinski definition) is 3. The van der Waals surface area contributed by atoms with Gasteiger partial charge in [-0.25, -0.2) is 0 Å². The van der Waals surface area contributed by atoms with Gasteiger partial charge in [0.2, 0.25) is 0 Å². The van der Waals surface area contributed by atoms with Gasteiger partial charge in [-0.3, -0.25) is 10.1 Å². The van der Waals surface area contributed by atoms with Crippen LogP contribution in [0.3, 0.4) is 0 Å². The number of hydrogen-bond acceptors (Lipinski definition) is 4. The second-order valence-electron chi connectivity index (χ2n) is 6.29. The van der Waals surface area contributed by atoms with Crippen molar-refractivity contribution in [1.29, 1.82) is 0 Å². The average molecular weight is 380 g/mol. The molecule has 6 heteroatoms. The number of furan rings is 1. The molecule has 0 aliphatic heterocycles. The van der Waals surface area contributed by atoms with E-state index >= 15 is 0 Å². The summed E-state index contributed by atoms with van der Waals surface area (Å²) in [6.45, 7) is 3.77. The number of amides is 1. The molecule has 1 heterocycles. The molecular formula is C21H20N2O3S. The van der Waals surface area contributed by atoms with E-state index in [1.54, 1.807) is 6.07 Å². The molecule has 0 saturated heterocycles. The van der Waals surface area contributed by atoms with Crippen LogP contribution in [0.25, 0.3) is 11.3 Å². The van der Waals surface area contributed by atoms with Crippen molar-refractivity contribution >= 4 is 28.9 Å². The summed E-state index contributed by atoms with van der Waals surface area (Å²) in [6, 6.07) is 16.6. The zero-order valence-corrected chi connectivity index (χ0v) is 15.9. The zero-order valence-electron chi connectivity index (χ0n) is 15.1. The third kappa shape index (κ3) is 4.81. The fourth-order valence-electron chi connectivity index (χ4n) is 2.78. The zero-order chi connectivity index (χ0) is 19.4. The van der Waals surface area contributed by atoms with Gasteiger partial charge < -0.3 is 14.8 Å². The summed E-state index contributed by atoms with van der Waals surface area (Å²) in [4.78, 5) is 12.3. The van der Waals surface area contributed by atoms with E-state index in [9.17, 15) is 4.79 Å². The molecule has 0 saturated carbocycles. The molecule has 0 aliphatic rings. The molecule has 3 N–H and O–H groups in total. The van der Waals surface area contributed by atoms with Crippen LogP contribution in [0.4, 0.5) is 5.69 Å². The highest BCUT2D eigenvalue weighted by atomic mass is 32.1. The van der Waals surface area contributed by atoms with E-state index in [4.69, 9.17) is 21.7 Å². The number of aliphatic hydroxyl groups excluding tert-OH is 1. The number of aliphatic hydroxyl groups is 1. The summed E-state index contributed by atoms with van der Waals surface area (Å²) >= 11 is 5.23. The number of carbonyl (C=O) groups is 1. The number of rotatable bonds is 4. The smallest absolute Gasteiger partial charge is 0.257 e. The van der Waals surface area contributed by atoms with Crippen molar-refractivity contribution in [2.24, 2.45) is 0 Å². The topological polar surface area (TPSA) is 74.5 Å². The quantitative estimate of drug-likeness (QED) is 0.592. The van der Waals surface area contributed by atoms with Gasteiger partial charge in [-0.2, -0.15) is 0 Å². The summed E-state index contributed by atoms with van der Waals surface area (Å²) in [5.74, 6) is 0.946. The maximum atomic E-state index is 12.3. The van der Waals surface area contributed by atoms with E-state index in [0.717, 1.165) is 22.4 Å². The average Bonchev–Trinajstić information content (AvgIpc) is 3.10. The Balaban J connectivity index is 1.63. The van der Waals surface area contributed by atoms with Crippen LogP contribution < -0.4 is 10.6 Å². The number of benzene rings is 2. The molecular weight excluding hydrogens is 360 g/mol. The number of nitrogens with one attached hydrogen (secondary N) is 2. The molecule has 3 rings (SSSR count). The summed E-state index contributed by atoms with van der Waals surface area (Å²) in [5, 5.41) is 15.0. The van der Waals surface area contributed by atoms with Crippen molar-refractivity contribution in [3.05, 3.63) is 77.0 Å². The molecule has 5 nitrogen and oxygen atoms in total. The van der Waals surface area contributed by atoms with Crippen molar-refractivity contribution in [2.75, 3.05) is 5.32 Å². The van der Waals surface area contributed by atoms with E-state index in [1.807, 2.05) is 62.4 Å². The SMILES string of the molecule is Cc1cc(C)cc(C(=O)NC(=S)Nc2ccc(-c3ccc(CO)o3)cc2)c1. The molecule has 1 amide bonds. The molecule has 0 unspecified atom stereocenters. The lowest BCUT2D eigenvalue weighted by Crippen LogP contribution is -2.34. The number of aryl methyl sites for hydroxylation is 2. The van der Waals surface area contributed by atoms with Crippen LogP contribution in [0.5, 0.6) is 0 Å². The molecule has 0 fully saturated rings. The Morgan fingerprint density at radius 1 is 1.04 bits per heavy atom. The molecule has 2 aromatic carbocycles. The van der Waals surface area contributed by atoms with Crippen molar-refractivity contribution in [2.45, 2.75) is 20.5 Å². The molecule has 0 radical (unpaired) electrons. The molecule has 27 heavy (non-hydrogen) atoms. The lowest BCUT2D eigenvalue weighted by atomic mass is 10.1. The first-order valence-electron chi connectivity index (χ1n) is 8.45. The van der Waals surface area contributed by atoms with E-state index < -0.39 is 0 Å². The largest absolute Gasteiger partial charge is 0.459 e. The van der Waals surface area contributed by atoms with Gasteiger partial charge in [0.1, 0.15) is 18.1 Å². The monoisotopic (exact) mass is 380 g/mol. The minimum Gasteiger partial charge on any atom is -0.459 e. The maximum absolute atomic E-state index is 12.3. The Bertz CT molecular complexity index is 957. The highest BCUT2D eigenvalue weighted by Crippen LogP contribution is 2.23. The van der Waals surface area contributed by atoms with Gasteiger partial charge in [0.05, 0.1) is 0 Å². The second-order valence-corrected chi connectivity index (χ2v) is 6.69. The highest BCUT2D eigenvalue weighted by Gasteiger charge is 2.10. The van der Waals surface area contributed by atoms with Gasteiger partial charge >= 0.3 is 0 Å². The first-order valence-corrected chi connectivity index (χ1v) is 8.86. The van der Waals surface area contributed by atoms with Crippen molar-refractivity contribution in [3.8, 4) is 11.3 Å². The van der Waals surface area contributed by atoms with E-state index in [2.05, 4.69) is 10.6 Å². The summed E-state index contributed by atoms with van der Waals surface area (Å²) < 4.78 is 5.51. The lowest BCUT2D eigenvalue weighted by Gasteiger charge is -2.11. The molecule has 0 spiro atoms. The first kappa shape index (κ1) is 18.8. The Morgan fingerprint density at radius 2 is 1.70 bits per heavy atom. The van der Waals surface area contributed by atoms with E-state index in [0.29, 0.717) is 17.1 Å². The number of anilines is 1. The van der Waals surface area contributed by atoms with Crippen LogP contribution in [0, 0.1) is 13.8 Å².